The third-order valence-electron chi connectivity index (χ3n) is 3.61. The topological polar surface area (TPSA) is 79.5 Å². The van der Waals surface area contributed by atoms with Crippen molar-refractivity contribution in [2.75, 3.05) is 23.1 Å². The fraction of sp³-hybridized carbons (Fsp3) is 0.176. The molecule has 1 aliphatic heterocycles. The number of fused-ring (bicyclic) bond motifs is 1. The molecule has 3 N–H and O–H groups in total. The highest BCUT2D eigenvalue weighted by atomic mass is 16.5. The highest BCUT2D eigenvalue weighted by Gasteiger charge is 2.15. The van der Waals surface area contributed by atoms with Crippen LogP contribution in [0.2, 0.25) is 0 Å². The lowest BCUT2D eigenvalue weighted by molar-refractivity contribution is -0.116. The molecule has 1 heterocycles. The molecule has 0 radical (unpaired) electrons. The van der Waals surface area contributed by atoms with Gasteiger partial charge in [-0.25, -0.2) is 4.79 Å². The van der Waals surface area contributed by atoms with Gasteiger partial charge in [-0.05, 0) is 54.4 Å². The van der Waals surface area contributed by atoms with Crippen LogP contribution in [-0.2, 0) is 11.2 Å². The second kappa shape index (κ2) is 6.39. The van der Waals surface area contributed by atoms with Crippen LogP contribution in [0, 0.1) is 0 Å². The number of carbonyl (C=O) groups is 2. The molecule has 3 rings (SSSR count). The maximum absolute atomic E-state index is 12.0. The first kappa shape index (κ1) is 14.9. The molecule has 118 valence electrons. The molecule has 3 amide bonds. The predicted octanol–water partition coefficient (Wildman–Crippen LogP) is 3.22. The van der Waals surface area contributed by atoms with Crippen molar-refractivity contribution in [1.82, 2.24) is 0 Å². The van der Waals surface area contributed by atoms with Gasteiger partial charge in [0.2, 0.25) is 5.91 Å². The van der Waals surface area contributed by atoms with Crippen LogP contribution < -0.4 is 20.7 Å². The number of hydrogen-bond donors (Lipinski definition) is 3. The lowest BCUT2D eigenvalue weighted by atomic mass is 10.0. The van der Waals surface area contributed by atoms with E-state index in [9.17, 15) is 9.59 Å². The smallest absolute Gasteiger partial charge is 0.323 e. The van der Waals surface area contributed by atoms with Crippen molar-refractivity contribution in [3.05, 3.63) is 48.0 Å². The zero-order valence-corrected chi connectivity index (χ0v) is 12.7. The van der Waals surface area contributed by atoms with Crippen LogP contribution in [0.1, 0.15) is 12.0 Å². The van der Waals surface area contributed by atoms with Gasteiger partial charge in [-0.3, -0.25) is 4.79 Å². The molecule has 2 aromatic carbocycles. The average molecular weight is 311 g/mol. The predicted molar refractivity (Wildman–Crippen MR) is 89.0 cm³/mol. The number of aryl methyl sites for hydroxylation is 1. The monoisotopic (exact) mass is 311 g/mol. The summed E-state index contributed by atoms with van der Waals surface area (Å²) in [6.07, 6.45) is 1.14. The minimum Gasteiger partial charge on any atom is -0.497 e. The summed E-state index contributed by atoms with van der Waals surface area (Å²) in [7, 11) is 1.59. The van der Waals surface area contributed by atoms with E-state index in [4.69, 9.17) is 4.74 Å². The summed E-state index contributed by atoms with van der Waals surface area (Å²) >= 11 is 0. The van der Waals surface area contributed by atoms with Gasteiger partial charge in [-0.15, -0.1) is 0 Å². The van der Waals surface area contributed by atoms with Gasteiger partial charge in [0.05, 0.1) is 7.11 Å². The minimum atomic E-state index is -0.324. The number of benzene rings is 2. The SMILES string of the molecule is COc1ccc(NC(=O)Nc2ccc3c(c2)CCC(=O)N3)cc1. The molecular weight excluding hydrogens is 294 g/mol. The van der Waals surface area contributed by atoms with Crippen molar-refractivity contribution in [2.45, 2.75) is 12.8 Å². The third-order valence-corrected chi connectivity index (χ3v) is 3.61. The van der Waals surface area contributed by atoms with Crippen molar-refractivity contribution in [3.63, 3.8) is 0 Å². The van der Waals surface area contributed by atoms with E-state index in [2.05, 4.69) is 16.0 Å². The molecule has 0 aliphatic carbocycles. The Bertz CT molecular complexity index is 741. The molecule has 0 spiro atoms. The first-order chi connectivity index (χ1) is 11.1. The van der Waals surface area contributed by atoms with Gasteiger partial charge in [0, 0.05) is 23.5 Å². The van der Waals surface area contributed by atoms with Crippen molar-refractivity contribution in [2.24, 2.45) is 0 Å². The summed E-state index contributed by atoms with van der Waals surface area (Å²) in [5, 5.41) is 8.35. The fourth-order valence-electron chi connectivity index (χ4n) is 2.43. The number of amides is 3. The van der Waals surface area contributed by atoms with Gasteiger partial charge in [0.1, 0.15) is 5.75 Å². The van der Waals surface area contributed by atoms with Crippen LogP contribution >= 0.6 is 0 Å². The number of methoxy groups -OCH3 is 1. The Morgan fingerprint density at radius 1 is 1.04 bits per heavy atom. The number of carbonyl (C=O) groups excluding carboxylic acids is 2. The number of nitrogens with one attached hydrogen (secondary N) is 3. The minimum absolute atomic E-state index is 0.0236. The van der Waals surface area contributed by atoms with Gasteiger partial charge in [0.15, 0.2) is 0 Å². The molecule has 0 atom stereocenters. The Labute approximate surface area is 133 Å². The first-order valence-electron chi connectivity index (χ1n) is 7.29. The normalized spacial score (nSPS) is 12.8. The summed E-state index contributed by atoms with van der Waals surface area (Å²) in [4.78, 5) is 23.4. The van der Waals surface area contributed by atoms with Crippen LogP contribution in [0.25, 0.3) is 0 Å². The lowest BCUT2D eigenvalue weighted by Crippen LogP contribution is -2.21. The first-order valence-corrected chi connectivity index (χ1v) is 7.29. The van der Waals surface area contributed by atoms with Crippen molar-refractivity contribution in [1.29, 1.82) is 0 Å². The lowest BCUT2D eigenvalue weighted by Gasteiger charge is -2.17. The third kappa shape index (κ3) is 3.60. The number of hydrogen-bond acceptors (Lipinski definition) is 3. The van der Waals surface area contributed by atoms with Crippen LogP contribution in [-0.4, -0.2) is 19.0 Å². The van der Waals surface area contributed by atoms with Crippen molar-refractivity contribution >= 4 is 29.0 Å². The molecule has 6 nitrogen and oxygen atoms in total. The van der Waals surface area contributed by atoms with Crippen LogP contribution in [0.3, 0.4) is 0 Å². The zero-order chi connectivity index (χ0) is 16.2. The van der Waals surface area contributed by atoms with Crippen LogP contribution in [0.5, 0.6) is 5.75 Å². The number of ether oxygens (including phenoxy) is 1. The van der Waals surface area contributed by atoms with Crippen LogP contribution in [0.4, 0.5) is 21.9 Å². The molecule has 6 heteroatoms. The molecule has 23 heavy (non-hydrogen) atoms. The Balaban J connectivity index is 1.64. The molecule has 0 fully saturated rings. The second-order valence-corrected chi connectivity index (χ2v) is 5.23. The van der Waals surface area contributed by atoms with E-state index in [-0.39, 0.29) is 11.9 Å². The molecule has 2 aromatic rings. The van der Waals surface area contributed by atoms with E-state index < -0.39 is 0 Å². The van der Waals surface area contributed by atoms with E-state index in [1.54, 1.807) is 43.5 Å². The summed E-state index contributed by atoms with van der Waals surface area (Å²) in [6, 6.07) is 12.2. The summed E-state index contributed by atoms with van der Waals surface area (Å²) < 4.78 is 5.07. The van der Waals surface area contributed by atoms with E-state index in [0.29, 0.717) is 24.2 Å². The Morgan fingerprint density at radius 3 is 2.48 bits per heavy atom. The molecule has 0 aromatic heterocycles. The van der Waals surface area contributed by atoms with Crippen molar-refractivity contribution in [3.8, 4) is 5.75 Å². The standard InChI is InChI=1S/C17H17N3O3/c1-23-14-6-3-12(4-7-14)18-17(22)19-13-5-8-15-11(10-13)2-9-16(21)20-15/h3-8,10H,2,9H2,1H3,(H,20,21)(H2,18,19,22). The average Bonchev–Trinajstić information content (AvgIpc) is 2.55. The molecule has 0 saturated heterocycles. The van der Waals surface area contributed by atoms with Gasteiger partial charge in [0.25, 0.3) is 0 Å². The van der Waals surface area contributed by atoms with Gasteiger partial charge < -0.3 is 20.7 Å². The van der Waals surface area contributed by atoms with Gasteiger partial charge in [-0.1, -0.05) is 0 Å². The largest absolute Gasteiger partial charge is 0.497 e. The quantitative estimate of drug-likeness (QED) is 0.814. The second-order valence-electron chi connectivity index (χ2n) is 5.23. The summed E-state index contributed by atoms with van der Waals surface area (Å²) in [5.41, 5.74) is 3.19. The number of urea groups is 1. The highest BCUT2D eigenvalue weighted by molar-refractivity contribution is 6.00. The van der Waals surface area contributed by atoms with Crippen LogP contribution in [0.15, 0.2) is 42.5 Å². The highest BCUT2D eigenvalue weighted by Crippen LogP contribution is 2.25. The summed E-state index contributed by atoms with van der Waals surface area (Å²) in [6.45, 7) is 0. The van der Waals surface area contributed by atoms with Gasteiger partial charge in [-0.2, -0.15) is 0 Å². The molecule has 1 aliphatic rings. The maximum Gasteiger partial charge on any atom is 0.323 e. The summed E-state index contributed by atoms with van der Waals surface area (Å²) in [5.74, 6) is 0.753. The molecule has 0 saturated carbocycles. The van der Waals surface area contributed by atoms with Crippen molar-refractivity contribution < 1.29 is 14.3 Å². The number of anilines is 3. The van der Waals surface area contributed by atoms with E-state index in [0.717, 1.165) is 17.0 Å². The van der Waals surface area contributed by atoms with E-state index >= 15 is 0 Å². The Kier molecular flexibility index (Phi) is 4.14. The Hall–Kier alpha value is -3.02. The number of rotatable bonds is 3. The van der Waals surface area contributed by atoms with E-state index in [1.807, 2.05) is 6.07 Å². The zero-order valence-electron chi connectivity index (χ0n) is 12.7. The maximum atomic E-state index is 12.0. The van der Waals surface area contributed by atoms with E-state index in [1.165, 1.54) is 0 Å². The molecule has 0 unspecified atom stereocenters. The molecular formula is C17H17N3O3. The van der Waals surface area contributed by atoms with Gasteiger partial charge >= 0.3 is 6.03 Å². The fourth-order valence-corrected chi connectivity index (χ4v) is 2.43. The molecule has 0 bridgehead atoms. The Morgan fingerprint density at radius 2 is 1.74 bits per heavy atom.